The molecule has 1 aliphatic heterocycles. The van der Waals surface area contributed by atoms with Gasteiger partial charge in [0.05, 0.1) is 22.1 Å². The number of nitrogens with one attached hydrogen (secondary N) is 1. The molecule has 0 bridgehead atoms. The Hall–Kier alpha value is -3.82. The van der Waals surface area contributed by atoms with Gasteiger partial charge in [0.1, 0.15) is 5.82 Å². The smallest absolute Gasteiger partial charge is 0.353 e. The summed E-state index contributed by atoms with van der Waals surface area (Å²) in [6.07, 6.45) is -1.94. The molecule has 1 aliphatic rings. The molecule has 2 aromatic carbocycles. The van der Waals surface area contributed by atoms with Crippen molar-refractivity contribution >= 4 is 34.1 Å². The first-order chi connectivity index (χ1) is 16.3. The van der Waals surface area contributed by atoms with E-state index in [2.05, 4.69) is 10.2 Å². The second-order valence-corrected chi connectivity index (χ2v) is 8.17. The Bertz CT molecular complexity index is 1370. The molecular weight excluding hydrogens is 450 g/mol. The summed E-state index contributed by atoms with van der Waals surface area (Å²) in [5.41, 5.74) is 1.47. The van der Waals surface area contributed by atoms with Crippen LogP contribution in [0.25, 0.3) is 16.6 Å². The normalized spacial score (nSPS) is 15.1. The monoisotopic (exact) mass is 471 g/mol. The molecule has 0 saturated carbocycles. The Morgan fingerprint density at radius 1 is 0.941 bits per heavy atom. The van der Waals surface area contributed by atoms with Crippen molar-refractivity contribution in [1.29, 1.82) is 0 Å². The molecule has 1 N–H and O–H groups in total. The van der Waals surface area contributed by atoms with Gasteiger partial charge in [0.2, 0.25) is 0 Å². The van der Waals surface area contributed by atoms with Gasteiger partial charge in [0.15, 0.2) is 5.82 Å². The van der Waals surface area contributed by atoms with Crippen molar-refractivity contribution in [1.82, 2.24) is 14.3 Å². The van der Waals surface area contributed by atoms with E-state index >= 15 is 0 Å². The van der Waals surface area contributed by atoms with Crippen LogP contribution in [0.5, 0.6) is 0 Å². The summed E-state index contributed by atoms with van der Waals surface area (Å²) in [6, 6.07) is 12.4. The topological polar surface area (TPSA) is 52.9 Å². The number of rotatable bonds is 2. The fourth-order valence-electron chi connectivity index (χ4n) is 4.28. The highest BCUT2D eigenvalue weighted by Crippen LogP contribution is 2.31. The summed E-state index contributed by atoms with van der Waals surface area (Å²) in [6.45, 7) is 1.91. The van der Waals surface area contributed by atoms with Gasteiger partial charge in [-0.25, -0.2) is 14.2 Å². The quantitative estimate of drug-likeness (QED) is 0.399. The van der Waals surface area contributed by atoms with E-state index in [4.69, 9.17) is 4.98 Å². The number of anilines is 2. The molecule has 0 radical (unpaired) electrons. The number of alkyl halides is 3. The molecule has 0 aliphatic carbocycles. The van der Waals surface area contributed by atoms with Crippen LogP contribution in [0.4, 0.5) is 33.9 Å². The average molecular weight is 471 g/mol. The van der Waals surface area contributed by atoms with Crippen molar-refractivity contribution in [3.05, 3.63) is 72.2 Å². The number of fused-ring (bicyclic) bond motifs is 3. The Labute approximate surface area is 192 Å². The summed E-state index contributed by atoms with van der Waals surface area (Å²) in [5.74, 6) is 0.328. The van der Waals surface area contributed by atoms with E-state index < -0.39 is 17.8 Å². The van der Waals surface area contributed by atoms with Crippen molar-refractivity contribution in [2.45, 2.75) is 12.6 Å². The minimum absolute atomic E-state index is 0.0917. The fraction of sp³-hybridized carbons (Fsp3) is 0.250. The number of carbonyl (C=O) groups excluding carboxylic acids is 1. The number of carbonyl (C=O) groups is 1. The van der Waals surface area contributed by atoms with Gasteiger partial charge in [-0.2, -0.15) is 13.2 Å². The molecule has 1 fully saturated rings. The van der Waals surface area contributed by atoms with Crippen LogP contribution in [0.1, 0.15) is 12.0 Å². The Balaban J connectivity index is 1.34. The standard InChI is InChI=1S/C24H21F4N5O/c25-17-7-8-20-19(15-17)30-22(21-6-2-11-33(20)21)31-9-3-10-32(13-12-31)23(34)29-18-5-1-4-16(14-18)24(26,27)28/h1-2,4-8,11,14-15H,3,9-10,12-13H2,(H,29,34). The molecule has 4 aromatic rings. The van der Waals surface area contributed by atoms with Crippen LogP contribution in [0.15, 0.2) is 60.8 Å². The predicted octanol–water partition coefficient (Wildman–Crippen LogP) is 5.39. The number of aromatic nitrogens is 2. The third-order valence-corrected chi connectivity index (χ3v) is 5.93. The van der Waals surface area contributed by atoms with E-state index in [1.807, 2.05) is 22.7 Å². The first-order valence-corrected chi connectivity index (χ1v) is 10.8. The van der Waals surface area contributed by atoms with Crippen molar-refractivity contribution in [2.24, 2.45) is 0 Å². The van der Waals surface area contributed by atoms with E-state index in [1.54, 1.807) is 11.0 Å². The zero-order valence-corrected chi connectivity index (χ0v) is 18.0. The molecule has 0 spiro atoms. The summed E-state index contributed by atoms with van der Waals surface area (Å²) < 4.78 is 54.7. The number of hydrogen-bond acceptors (Lipinski definition) is 3. The summed E-state index contributed by atoms with van der Waals surface area (Å²) in [5, 5.41) is 2.57. The molecule has 6 nitrogen and oxygen atoms in total. The van der Waals surface area contributed by atoms with E-state index in [0.717, 1.165) is 23.2 Å². The first kappa shape index (κ1) is 22.0. The van der Waals surface area contributed by atoms with Gasteiger partial charge in [-0.3, -0.25) is 0 Å². The highest BCUT2D eigenvalue weighted by molar-refractivity contribution is 5.89. The lowest BCUT2D eigenvalue weighted by Gasteiger charge is -2.24. The van der Waals surface area contributed by atoms with Gasteiger partial charge in [0, 0.05) is 44.1 Å². The summed E-state index contributed by atoms with van der Waals surface area (Å²) in [7, 11) is 0. The number of amides is 2. The lowest BCUT2D eigenvalue weighted by molar-refractivity contribution is -0.137. The van der Waals surface area contributed by atoms with Gasteiger partial charge in [-0.15, -0.1) is 0 Å². The van der Waals surface area contributed by atoms with Crippen molar-refractivity contribution in [2.75, 3.05) is 36.4 Å². The van der Waals surface area contributed by atoms with E-state index in [1.165, 1.54) is 24.3 Å². The van der Waals surface area contributed by atoms with Gasteiger partial charge in [0.25, 0.3) is 0 Å². The van der Waals surface area contributed by atoms with Gasteiger partial charge >= 0.3 is 12.2 Å². The largest absolute Gasteiger partial charge is 0.416 e. The minimum atomic E-state index is -4.48. The highest BCUT2D eigenvalue weighted by Gasteiger charge is 2.30. The van der Waals surface area contributed by atoms with Gasteiger partial charge in [-0.1, -0.05) is 6.07 Å². The molecule has 10 heteroatoms. The molecule has 176 valence electrons. The molecule has 3 heterocycles. The maximum atomic E-state index is 13.8. The predicted molar refractivity (Wildman–Crippen MR) is 122 cm³/mol. The second kappa shape index (κ2) is 8.51. The van der Waals surface area contributed by atoms with Gasteiger partial charge < -0.3 is 19.5 Å². The summed E-state index contributed by atoms with van der Waals surface area (Å²) in [4.78, 5) is 21.1. The SMILES string of the molecule is O=C(Nc1cccc(C(F)(F)F)c1)N1CCCN(c2nc3cc(F)ccc3n3cccc23)CC1. The van der Waals surface area contributed by atoms with Gasteiger partial charge in [-0.05, 0) is 48.9 Å². The average Bonchev–Trinajstić information content (AvgIpc) is 3.16. The number of nitrogens with zero attached hydrogens (tertiary/aromatic N) is 4. The van der Waals surface area contributed by atoms with Crippen LogP contribution >= 0.6 is 0 Å². The third kappa shape index (κ3) is 4.23. The molecule has 2 amide bonds. The molecule has 34 heavy (non-hydrogen) atoms. The Kier molecular flexibility index (Phi) is 5.51. The molecule has 5 rings (SSSR count). The number of urea groups is 1. The van der Waals surface area contributed by atoms with E-state index in [0.29, 0.717) is 43.9 Å². The number of benzene rings is 2. The van der Waals surface area contributed by atoms with Crippen molar-refractivity contribution < 1.29 is 22.4 Å². The number of hydrogen-bond donors (Lipinski definition) is 1. The zero-order chi connectivity index (χ0) is 23.9. The van der Waals surface area contributed by atoms with Crippen LogP contribution in [0, 0.1) is 5.82 Å². The molecular formula is C24H21F4N5O. The molecule has 2 aromatic heterocycles. The third-order valence-electron chi connectivity index (χ3n) is 5.93. The van der Waals surface area contributed by atoms with Crippen LogP contribution in [-0.2, 0) is 6.18 Å². The van der Waals surface area contributed by atoms with Crippen LogP contribution in [-0.4, -0.2) is 46.5 Å². The van der Waals surface area contributed by atoms with Crippen LogP contribution < -0.4 is 10.2 Å². The highest BCUT2D eigenvalue weighted by atomic mass is 19.4. The summed E-state index contributed by atoms with van der Waals surface area (Å²) >= 11 is 0. The van der Waals surface area contributed by atoms with E-state index in [-0.39, 0.29) is 11.5 Å². The lowest BCUT2D eigenvalue weighted by Crippen LogP contribution is -2.38. The maximum Gasteiger partial charge on any atom is 0.416 e. The zero-order valence-electron chi connectivity index (χ0n) is 18.0. The molecule has 0 unspecified atom stereocenters. The Morgan fingerprint density at radius 3 is 2.62 bits per heavy atom. The Morgan fingerprint density at radius 2 is 1.79 bits per heavy atom. The van der Waals surface area contributed by atoms with E-state index in [9.17, 15) is 22.4 Å². The van der Waals surface area contributed by atoms with Crippen molar-refractivity contribution in [3.8, 4) is 0 Å². The first-order valence-electron chi connectivity index (χ1n) is 10.8. The maximum absolute atomic E-state index is 13.8. The lowest BCUT2D eigenvalue weighted by atomic mass is 10.2. The van der Waals surface area contributed by atoms with Crippen molar-refractivity contribution in [3.63, 3.8) is 0 Å². The fourth-order valence-corrected chi connectivity index (χ4v) is 4.28. The van der Waals surface area contributed by atoms with Crippen LogP contribution in [0.2, 0.25) is 0 Å². The second-order valence-electron chi connectivity index (χ2n) is 8.17. The number of halogens is 4. The molecule has 0 atom stereocenters. The van der Waals surface area contributed by atoms with Crippen LogP contribution in [0.3, 0.4) is 0 Å². The molecule has 1 saturated heterocycles. The minimum Gasteiger partial charge on any atom is -0.353 e.